The van der Waals surface area contributed by atoms with Crippen LogP contribution >= 0.6 is 0 Å². The summed E-state index contributed by atoms with van der Waals surface area (Å²) in [6, 6.07) is 14.5. The van der Waals surface area contributed by atoms with Crippen molar-refractivity contribution in [3.63, 3.8) is 0 Å². The Balaban J connectivity index is 1.84. The monoisotopic (exact) mass is 262 g/mol. The summed E-state index contributed by atoms with van der Waals surface area (Å²) >= 11 is 0. The molecule has 0 amide bonds. The molecule has 20 heavy (non-hydrogen) atoms. The first-order chi connectivity index (χ1) is 9.76. The van der Waals surface area contributed by atoms with Crippen LogP contribution in [0.15, 0.2) is 66.8 Å². The fraction of sp³-hybridized carbons (Fsp3) is 0.158. The lowest BCUT2D eigenvalue weighted by Gasteiger charge is -2.23. The van der Waals surface area contributed by atoms with Crippen LogP contribution in [-0.4, -0.2) is 0 Å². The Morgan fingerprint density at radius 2 is 1.75 bits per heavy atom. The Morgan fingerprint density at radius 3 is 2.60 bits per heavy atom. The first kappa shape index (κ1) is 11.7. The molecule has 0 saturated heterocycles. The molecule has 0 saturated carbocycles. The number of halogens is 1. The first-order valence-electron chi connectivity index (χ1n) is 7.01. The molecule has 2 aromatic carbocycles. The summed E-state index contributed by atoms with van der Waals surface area (Å²) in [7, 11) is 0. The molecule has 1 heteroatoms. The van der Waals surface area contributed by atoms with Crippen LogP contribution in [0.1, 0.15) is 23.1 Å². The van der Waals surface area contributed by atoms with E-state index in [0.717, 1.165) is 12.0 Å². The summed E-state index contributed by atoms with van der Waals surface area (Å²) in [6.45, 7) is 0. The standard InChI is InChI=1S/C19H15F/c20-19(10-4-1-5-11-19)16-9-8-15-12-14-6-2-3-7-17(14)18(15)13-16/h1-10,13H,11-12H2. The smallest absolute Gasteiger partial charge is 0.157 e. The minimum absolute atomic E-state index is 0.421. The fourth-order valence-corrected chi connectivity index (χ4v) is 3.19. The maximum Gasteiger partial charge on any atom is 0.157 e. The van der Waals surface area contributed by atoms with Gasteiger partial charge in [-0.1, -0.05) is 54.6 Å². The second-order valence-corrected chi connectivity index (χ2v) is 5.56. The fourth-order valence-electron chi connectivity index (χ4n) is 3.19. The number of benzene rings is 2. The highest BCUT2D eigenvalue weighted by molar-refractivity contribution is 5.77. The molecular formula is C19H15F. The second-order valence-electron chi connectivity index (χ2n) is 5.56. The predicted octanol–water partition coefficient (Wildman–Crippen LogP) is 4.94. The molecule has 2 aromatic rings. The number of hydrogen-bond acceptors (Lipinski definition) is 0. The molecule has 0 spiro atoms. The highest BCUT2D eigenvalue weighted by Crippen LogP contribution is 2.41. The number of allylic oxidation sites excluding steroid dienone is 4. The number of hydrogen-bond donors (Lipinski definition) is 0. The minimum atomic E-state index is -1.36. The zero-order valence-corrected chi connectivity index (χ0v) is 11.1. The molecule has 2 aliphatic rings. The molecule has 0 N–H and O–H groups in total. The van der Waals surface area contributed by atoms with Crippen LogP contribution in [0, 0.1) is 0 Å². The lowest BCUT2D eigenvalue weighted by molar-refractivity contribution is 0.236. The van der Waals surface area contributed by atoms with Crippen molar-refractivity contribution in [2.75, 3.05) is 0 Å². The van der Waals surface area contributed by atoms with Gasteiger partial charge in [-0.2, -0.15) is 0 Å². The number of alkyl halides is 1. The number of rotatable bonds is 1. The van der Waals surface area contributed by atoms with Crippen molar-refractivity contribution in [2.24, 2.45) is 0 Å². The van der Waals surface area contributed by atoms with Gasteiger partial charge in [-0.05, 0) is 46.4 Å². The topological polar surface area (TPSA) is 0 Å². The van der Waals surface area contributed by atoms with Gasteiger partial charge in [0.25, 0.3) is 0 Å². The minimum Gasteiger partial charge on any atom is -0.234 e. The SMILES string of the molecule is FC1(c2ccc3c(c2)-c2ccccc2C3)C=CC=CC1. The second kappa shape index (κ2) is 4.17. The molecule has 98 valence electrons. The zero-order chi connectivity index (χ0) is 13.6. The summed E-state index contributed by atoms with van der Waals surface area (Å²) < 4.78 is 15.0. The Kier molecular flexibility index (Phi) is 2.43. The lowest BCUT2D eigenvalue weighted by atomic mass is 9.87. The Morgan fingerprint density at radius 1 is 0.900 bits per heavy atom. The van der Waals surface area contributed by atoms with Crippen molar-refractivity contribution in [1.29, 1.82) is 0 Å². The molecule has 1 unspecified atom stereocenters. The van der Waals surface area contributed by atoms with E-state index in [2.05, 4.69) is 30.3 Å². The third-order valence-electron chi connectivity index (χ3n) is 4.30. The zero-order valence-electron chi connectivity index (χ0n) is 11.1. The van der Waals surface area contributed by atoms with Gasteiger partial charge in [-0.3, -0.25) is 0 Å². The van der Waals surface area contributed by atoms with Crippen molar-refractivity contribution < 1.29 is 4.39 Å². The molecule has 0 fully saturated rings. The van der Waals surface area contributed by atoms with Crippen LogP contribution < -0.4 is 0 Å². The molecule has 0 bridgehead atoms. The maximum absolute atomic E-state index is 15.0. The van der Waals surface area contributed by atoms with Gasteiger partial charge in [-0.25, -0.2) is 4.39 Å². The molecule has 1 atom stereocenters. The van der Waals surface area contributed by atoms with Crippen LogP contribution in [0.25, 0.3) is 11.1 Å². The van der Waals surface area contributed by atoms with Gasteiger partial charge >= 0.3 is 0 Å². The van der Waals surface area contributed by atoms with Crippen molar-refractivity contribution in [2.45, 2.75) is 18.5 Å². The van der Waals surface area contributed by atoms with E-state index in [1.165, 1.54) is 22.3 Å². The molecular weight excluding hydrogens is 247 g/mol. The summed E-state index contributed by atoms with van der Waals surface area (Å²) in [4.78, 5) is 0. The molecule has 0 nitrogen and oxygen atoms in total. The van der Waals surface area contributed by atoms with Crippen molar-refractivity contribution in [3.8, 4) is 11.1 Å². The van der Waals surface area contributed by atoms with E-state index < -0.39 is 5.67 Å². The Hall–Kier alpha value is -2.15. The van der Waals surface area contributed by atoms with Crippen LogP contribution in [0.2, 0.25) is 0 Å². The average molecular weight is 262 g/mol. The third kappa shape index (κ3) is 1.66. The molecule has 0 radical (unpaired) electrons. The summed E-state index contributed by atoms with van der Waals surface area (Å²) in [5.41, 5.74) is 4.48. The molecule has 0 aliphatic heterocycles. The largest absolute Gasteiger partial charge is 0.234 e. The Labute approximate surface area is 118 Å². The van der Waals surface area contributed by atoms with E-state index in [1.807, 2.05) is 24.3 Å². The van der Waals surface area contributed by atoms with E-state index in [-0.39, 0.29) is 0 Å². The van der Waals surface area contributed by atoms with Crippen LogP contribution in [-0.2, 0) is 12.1 Å². The first-order valence-corrected chi connectivity index (χ1v) is 7.01. The van der Waals surface area contributed by atoms with E-state index in [0.29, 0.717) is 6.42 Å². The quantitative estimate of drug-likeness (QED) is 0.582. The molecule has 4 rings (SSSR count). The predicted molar refractivity (Wildman–Crippen MR) is 80.4 cm³/mol. The van der Waals surface area contributed by atoms with Crippen LogP contribution in [0.3, 0.4) is 0 Å². The highest BCUT2D eigenvalue weighted by Gasteiger charge is 2.30. The van der Waals surface area contributed by atoms with Gasteiger partial charge < -0.3 is 0 Å². The molecule has 0 aromatic heterocycles. The molecule has 0 heterocycles. The summed E-state index contributed by atoms with van der Waals surface area (Å²) in [5.74, 6) is 0. The van der Waals surface area contributed by atoms with Crippen LogP contribution in [0.4, 0.5) is 4.39 Å². The maximum atomic E-state index is 15.0. The van der Waals surface area contributed by atoms with Gasteiger partial charge in [0.05, 0.1) is 0 Å². The average Bonchev–Trinajstić information content (AvgIpc) is 2.86. The van der Waals surface area contributed by atoms with Crippen molar-refractivity contribution in [1.82, 2.24) is 0 Å². The third-order valence-corrected chi connectivity index (χ3v) is 4.30. The van der Waals surface area contributed by atoms with Gasteiger partial charge in [-0.15, -0.1) is 0 Å². The van der Waals surface area contributed by atoms with Gasteiger partial charge in [0.1, 0.15) is 0 Å². The van der Waals surface area contributed by atoms with E-state index in [1.54, 1.807) is 12.2 Å². The normalized spacial score (nSPS) is 22.6. The molecule has 2 aliphatic carbocycles. The van der Waals surface area contributed by atoms with E-state index in [9.17, 15) is 0 Å². The lowest BCUT2D eigenvalue weighted by Crippen LogP contribution is -2.17. The van der Waals surface area contributed by atoms with Gasteiger partial charge in [0.15, 0.2) is 5.67 Å². The Bertz CT molecular complexity index is 739. The van der Waals surface area contributed by atoms with Crippen LogP contribution in [0.5, 0.6) is 0 Å². The summed E-state index contributed by atoms with van der Waals surface area (Å²) in [5, 5.41) is 0. The number of fused-ring (bicyclic) bond motifs is 3. The van der Waals surface area contributed by atoms with Crippen molar-refractivity contribution >= 4 is 0 Å². The van der Waals surface area contributed by atoms with Gasteiger partial charge in [0.2, 0.25) is 0 Å². The van der Waals surface area contributed by atoms with E-state index in [4.69, 9.17) is 0 Å². The van der Waals surface area contributed by atoms with E-state index >= 15 is 4.39 Å². The van der Waals surface area contributed by atoms with Gasteiger partial charge in [0, 0.05) is 6.42 Å². The van der Waals surface area contributed by atoms with Crippen molar-refractivity contribution in [3.05, 3.63) is 83.5 Å². The summed E-state index contributed by atoms with van der Waals surface area (Å²) in [6.07, 6.45) is 8.63. The highest BCUT2D eigenvalue weighted by atomic mass is 19.1.